The Bertz CT molecular complexity index is 598. The summed E-state index contributed by atoms with van der Waals surface area (Å²) >= 11 is 0. The van der Waals surface area contributed by atoms with Crippen LogP contribution in [-0.4, -0.2) is 21.3 Å². The summed E-state index contributed by atoms with van der Waals surface area (Å²) in [6.45, 7) is 0. The standard InChI is InChI=1S/C17H21NO3/c1-19-13-7-4-6-12(10-13)11-15(18)14-8-5-9-16(20-2)17(14)21-3/h4-10,15H,11,18H2,1-3H3. The molecule has 0 amide bonds. The van der Waals surface area contributed by atoms with Crippen LogP contribution in [0.15, 0.2) is 42.5 Å². The molecular formula is C17H21NO3. The van der Waals surface area contributed by atoms with Gasteiger partial charge in [0, 0.05) is 11.6 Å². The molecule has 2 aromatic rings. The van der Waals surface area contributed by atoms with Crippen LogP contribution in [0.4, 0.5) is 0 Å². The maximum absolute atomic E-state index is 6.34. The fourth-order valence-corrected chi connectivity index (χ4v) is 2.37. The van der Waals surface area contributed by atoms with E-state index in [0.29, 0.717) is 17.9 Å². The van der Waals surface area contributed by atoms with Gasteiger partial charge in [-0.1, -0.05) is 24.3 Å². The van der Waals surface area contributed by atoms with Crippen LogP contribution in [0.1, 0.15) is 17.2 Å². The number of benzene rings is 2. The van der Waals surface area contributed by atoms with Crippen molar-refractivity contribution in [1.82, 2.24) is 0 Å². The third-order valence-electron chi connectivity index (χ3n) is 3.42. The zero-order chi connectivity index (χ0) is 15.2. The van der Waals surface area contributed by atoms with Crippen molar-refractivity contribution < 1.29 is 14.2 Å². The molecule has 0 saturated carbocycles. The lowest BCUT2D eigenvalue weighted by Gasteiger charge is -2.18. The van der Waals surface area contributed by atoms with E-state index < -0.39 is 0 Å². The number of hydrogen-bond acceptors (Lipinski definition) is 4. The number of para-hydroxylation sites is 1. The minimum absolute atomic E-state index is 0.179. The summed E-state index contributed by atoms with van der Waals surface area (Å²) < 4.78 is 16.0. The van der Waals surface area contributed by atoms with Gasteiger partial charge in [-0.2, -0.15) is 0 Å². The number of hydrogen-bond donors (Lipinski definition) is 1. The Balaban J connectivity index is 2.25. The molecule has 2 rings (SSSR count). The molecule has 0 heterocycles. The third-order valence-corrected chi connectivity index (χ3v) is 3.42. The summed E-state index contributed by atoms with van der Waals surface area (Å²) in [5, 5.41) is 0. The summed E-state index contributed by atoms with van der Waals surface area (Å²) in [4.78, 5) is 0. The smallest absolute Gasteiger partial charge is 0.165 e. The van der Waals surface area contributed by atoms with Gasteiger partial charge in [-0.05, 0) is 30.2 Å². The second kappa shape index (κ2) is 6.99. The van der Waals surface area contributed by atoms with Crippen molar-refractivity contribution in [2.45, 2.75) is 12.5 Å². The van der Waals surface area contributed by atoms with E-state index in [1.54, 1.807) is 21.3 Å². The molecule has 0 bridgehead atoms. The van der Waals surface area contributed by atoms with Crippen LogP contribution in [-0.2, 0) is 6.42 Å². The number of ether oxygens (including phenoxy) is 3. The van der Waals surface area contributed by atoms with Gasteiger partial charge in [0.1, 0.15) is 5.75 Å². The van der Waals surface area contributed by atoms with Crippen molar-refractivity contribution in [3.63, 3.8) is 0 Å². The average Bonchev–Trinajstić information content (AvgIpc) is 2.53. The van der Waals surface area contributed by atoms with Gasteiger partial charge in [0.25, 0.3) is 0 Å². The molecular weight excluding hydrogens is 266 g/mol. The Kier molecular flexibility index (Phi) is 5.06. The van der Waals surface area contributed by atoms with Gasteiger partial charge in [-0.25, -0.2) is 0 Å². The molecule has 0 saturated heterocycles. The van der Waals surface area contributed by atoms with Gasteiger partial charge in [0.15, 0.2) is 11.5 Å². The highest BCUT2D eigenvalue weighted by Crippen LogP contribution is 2.35. The third kappa shape index (κ3) is 3.47. The zero-order valence-electron chi connectivity index (χ0n) is 12.6. The Morgan fingerprint density at radius 1 is 0.952 bits per heavy atom. The Morgan fingerprint density at radius 3 is 2.38 bits per heavy atom. The van der Waals surface area contributed by atoms with Crippen LogP contribution >= 0.6 is 0 Å². The quantitative estimate of drug-likeness (QED) is 0.887. The van der Waals surface area contributed by atoms with Crippen LogP contribution in [0, 0.1) is 0 Å². The predicted molar refractivity (Wildman–Crippen MR) is 83.2 cm³/mol. The minimum atomic E-state index is -0.179. The van der Waals surface area contributed by atoms with Crippen molar-refractivity contribution in [2.24, 2.45) is 5.73 Å². The molecule has 0 aliphatic rings. The summed E-state index contributed by atoms with van der Waals surface area (Å²) in [5.74, 6) is 2.21. The molecule has 0 spiro atoms. The van der Waals surface area contributed by atoms with E-state index in [-0.39, 0.29) is 6.04 Å². The van der Waals surface area contributed by atoms with E-state index >= 15 is 0 Å². The van der Waals surface area contributed by atoms with Gasteiger partial charge < -0.3 is 19.9 Å². The van der Waals surface area contributed by atoms with Crippen molar-refractivity contribution in [1.29, 1.82) is 0 Å². The predicted octanol–water partition coefficient (Wildman–Crippen LogP) is 2.95. The Labute approximate surface area is 125 Å². The minimum Gasteiger partial charge on any atom is -0.497 e. The first-order valence-corrected chi connectivity index (χ1v) is 6.79. The van der Waals surface area contributed by atoms with Gasteiger partial charge >= 0.3 is 0 Å². The van der Waals surface area contributed by atoms with Gasteiger partial charge in [-0.15, -0.1) is 0 Å². The fraction of sp³-hybridized carbons (Fsp3) is 0.294. The van der Waals surface area contributed by atoms with Crippen molar-refractivity contribution in [3.8, 4) is 17.2 Å². The lowest BCUT2D eigenvalue weighted by molar-refractivity contribution is 0.349. The maximum Gasteiger partial charge on any atom is 0.165 e. The topological polar surface area (TPSA) is 53.7 Å². The van der Waals surface area contributed by atoms with Crippen molar-refractivity contribution in [3.05, 3.63) is 53.6 Å². The maximum atomic E-state index is 6.34. The summed E-state index contributed by atoms with van der Waals surface area (Å²) in [5.41, 5.74) is 8.39. The molecule has 0 aromatic heterocycles. The van der Waals surface area contributed by atoms with E-state index in [4.69, 9.17) is 19.9 Å². The molecule has 1 unspecified atom stereocenters. The molecule has 4 nitrogen and oxygen atoms in total. The summed E-state index contributed by atoms with van der Waals surface area (Å²) in [6.07, 6.45) is 0.695. The molecule has 0 aliphatic heterocycles. The van der Waals surface area contributed by atoms with Gasteiger partial charge in [-0.3, -0.25) is 0 Å². The van der Waals surface area contributed by atoms with Gasteiger partial charge in [0.05, 0.1) is 21.3 Å². The second-order valence-corrected chi connectivity index (χ2v) is 4.74. The second-order valence-electron chi connectivity index (χ2n) is 4.74. The normalized spacial score (nSPS) is 11.8. The summed E-state index contributed by atoms with van der Waals surface area (Å²) in [6, 6.07) is 13.5. The van der Waals surface area contributed by atoms with E-state index in [2.05, 4.69) is 0 Å². The Hall–Kier alpha value is -2.20. The van der Waals surface area contributed by atoms with E-state index in [1.807, 2.05) is 42.5 Å². The molecule has 0 radical (unpaired) electrons. The molecule has 21 heavy (non-hydrogen) atoms. The molecule has 2 N–H and O–H groups in total. The zero-order valence-corrected chi connectivity index (χ0v) is 12.6. The number of rotatable bonds is 6. The monoisotopic (exact) mass is 287 g/mol. The van der Waals surface area contributed by atoms with Crippen molar-refractivity contribution in [2.75, 3.05) is 21.3 Å². The largest absolute Gasteiger partial charge is 0.497 e. The highest BCUT2D eigenvalue weighted by molar-refractivity contribution is 5.48. The van der Waals surface area contributed by atoms with Crippen LogP contribution in [0.5, 0.6) is 17.2 Å². The number of nitrogens with two attached hydrogens (primary N) is 1. The fourth-order valence-electron chi connectivity index (χ4n) is 2.37. The Morgan fingerprint density at radius 2 is 1.71 bits per heavy atom. The molecule has 1 atom stereocenters. The first-order valence-electron chi connectivity index (χ1n) is 6.79. The molecule has 0 fully saturated rings. The van der Waals surface area contributed by atoms with E-state index in [1.165, 1.54) is 0 Å². The summed E-state index contributed by atoms with van der Waals surface area (Å²) in [7, 11) is 4.90. The number of methoxy groups -OCH3 is 3. The van der Waals surface area contributed by atoms with E-state index in [0.717, 1.165) is 16.9 Å². The molecule has 4 heteroatoms. The van der Waals surface area contributed by atoms with Gasteiger partial charge in [0.2, 0.25) is 0 Å². The van der Waals surface area contributed by atoms with Crippen molar-refractivity contribution >= 4 is 0 Å². The SMILES string of the molecule is COc1cccc(CC(N)c2cccc(OC)c2OC)c1. The lowest BCUT2D eigenvalue weighted by atomic mass is 9.98. The van der Waals surface area contributed by atoms with Crippen LogP contribution < -0.4 is 19.9 Å². The van der Waals surface area contributed by atoms with Crippen LogP contribution in [0.3, 0.4) is 0 Å². The highest BCUT2D eigenvalue weighted by atomic mass is 16.5. The first-order chi connectivity index (χ1) is 10.2. The first kappa shape index (κ1) is 15.2. The molecule has 112 valence electrons. The highest BCUT2D eigenvalue weighted by Gasteiger charge is 2.16. The molecule has 2 aromatic carbocycles. The van der Waals surface area contributed by atoms with Crippen LogP contribution in [0.2, 0.25) is 0 Å². The van der Waals surface area contributed by atoms with Crippen LogP contribution in [0.25, 0.3) is 0 Å². The molecule has 0 aliphatic carbocycles. The lowest BCUT2D eigenvalue weighted by Crippen LogP contribution is -2.15. The van der Waals surface area contributed by atoms with E-state index in [9.17, 15) is 0 Å². The average molecular weight is 287 g/mol.